The molecule has 0 spiro atoms. The Hall–Kier alpha value is -2.40. The number of aromatic nitrogens is 1. The Morgan fingerprint density at radius 1 is 1.17 bits per heavy atom. The number of anilines is 1. The number of thiazole rings is 1. The number of nitrogens with one attached hydrogen (secondary N) is 1. The summed E-state index contributed by atoms with van der Waals surface area (Å²) in [6.07, 6.45) is 2.85. The van der Waals surface area contributed by atoms with Crippen molar-refractivity contribution >= 4 is 32.9 Å². The number of para-hydroxylation sites is 1. The summed E-state index contributed by atoms with van der Waals surface area (Å²) in [5.41, 5.74) is 4.99. The zero-order valence-electron chi connectivity index (χ0n) is 13.9. The fourth-order valence-electron chi connectivity index (χ4n) is 2.14. The van der Waals surface area contributed by atoms with Crippen LogP contribution in [0.15, 0.2) is 53.6 Å². The Balaban J connectivity index is 1.54. The van der Waals surface area contributed by atoms with Gasteiger partial charge in [0.15, 0.2) is 0 Å². The predicted octanol–water partition coefficient (Wildman–Crippen LogP) is 5.17. The molecule has 0 amide bonds. The Morgan fingerprint density at radius 3 is 2.71 bits per heavy atom. The molecule has 1 heterocycles. The lowest BCUT2D eigenvalue weighted by Crippen LogP contribution is -2.01. The van der Waals surface area contributed by atoms with Gasteiger partial charge in [0.1, 0.15) is 5.75 Å². The fourth-order valence-corrected chi connectivity index (χ4v) is 2.96. The summed E-state index contributed by atoms with van der Waals surface area (Å²) >= 11 is 1.59. The van der Waals surface area contributed by atoms with Crippen molar-refractivity contribution in [2.24, 2.45) is 11.0 Å². The number of hydrazone groups is 1. The van der Waals surface area contributed by atoms with Crippen molar-refractivity contribution in [3.63, 3.8) is 0 Å². The normalized spacial score (nSPS) is 11.5. The van der Waals surface area contributed by atoms with E-state index in [1.165, 1.54) is 0 Å². The third-order valence-corrected chi connectivity index (χ3v) is 4.45. The number of hydrogen-bond donors (Lipinski definition) is 1. The molecule has 3 aromatic rings. The molecule has 0 fully saturated rings. The van der Waals surface area contributed by atoms with Crippen molar-refractivity contribution in [1.82, 2.24) is 4.98 Å². The quantitative estimate of drug-likeness (QED) is 0.477. The molecule has 1 N–H and O–H groups in total. The van der Waals surface area contributed by atoms with E-state index in [1.54, 1.807) is 17.6 Å². The largest absolute Gasteiger partial charge is 0.494 e. The van der Waals surface area contributed by atoms with Gasteiger partial charge in [-0.15, -0.1) is 0 Å². The third-order valence-electron chi connectivity index (χ3n) is 3.51. The smallest absolute Gasteiger partial charge is 0.204 e. The van der Waals surface area contributed by atoms with Crippen LogP contribution >= 0.6 is 11.3 Å². The fraction of sp³-hybridized carbons (Fsp3) is 0.263. The van der Waals surface area contributed by atoms with E-state index in [2.05, 4.69) is 35.4 Å². The van der Waals surface area contributed by atoms with E-state index in [1.807, 2.05) is 42.5 Å². The number of fused-ring (bicyclic) bond motifs is 1. The summed E-state index contributed by atoms with van der Waals surface area (Å²) in [6, 6.07) is 16.0. The second-order valence-electron chi connectivity index (χ2n) is 5.96. The van der Waals surface area contributed by atoms with Crippen LogP contribution in [0, 0.1) is 5.92 Å². The molecule has 0 bridgehead atoms. The van der Waals surface area contributed by atoms with Gasteiger partial charge in [-0.05, 0) is 54.3 Å². The van der Waals surface area contributed by atoms with E-state index in [0.29, 0.717) is 5.92 Å². The molecule has 5 heteroatoms. The van der Waals surface area contributed by atoms with Crippen LogP contribution < -0.4 is 10.2 Å². The lowest BCUT2D eigenvalue weighted by Gasteiger charge is -2.07. The monoisotopic (exact) mass is 339 g/mol. The van der Waals surface area contributed by atoms with Gasteiger partial charge in [0.25, 0.3) is 0 Å². The number of benzene rings is 2. The van der Waals surface area contributed by atoms with Gasteiger partial charge in [-0.25, -0.2) is 4.98 Å². The Bertz CT molecular complexity index is 776. The molecule has 0 saturated heterocycles. The molecule has 4 nitrogen and oxygen atoms in total. The Kier molecular flexibility index (Phi) is 5.43. The molecule has 0 radical (unpaired) electrons. The highest BCUT2D eigenvalue weighted by atomic mass is 32.1. The second-order valence-corrected chi connectivity index (χ2v) is 6.99. The maximum atomic E-state index is 5.71. The van der Waals surface area contributed by atoms with Gasteiger partial charge in [0.05, 0.1) is 23.0 Å². The van der Waals surface area contributed by atoms with Gasteiger partial charge >= 0.3 is 0 Å². The highest BCUT2D eigenvalue weighted by Gasteiger charge is 2.01. The molecule has 0 aliphatic carbocycles. The lowest BCUT2D eigenvalue weighted by molar-refractivity contribution is 0.289. The lowest BCUT2D eigenvalue weighted by atomic mass is 10.1. The van der Waals surface area contributed by atoms with Gasteiger partial charge in [-0.3, -0.25) is 5.43 Å². The van der Waals surface area contributed by atoms with Crippen molar-refractivity contribution in [1.29, 1.82) is 0 Å². The SMILES string of the molecule is CC(C)CCOc1ccc(C=NNc2nc3ccccc3s2)cc1. The number of ether oxygens (including phenoxy) is 1. The van der Waals surface area contributed by atoms with E-state index in [4.69, 9.17) is 4.74 Å². The zero-order chi connectivity index (χ0) is 16.8. The molecule has 24 heavy (non-hydrogen) atoms. The first kappa shape index (κ1) is 16.5. The Morgan fingerprint density at radius 2 is 1.96 bits per heavy atom. The van der Waals surface area contributed by atoms with Gasteiger partial charge in [0, 0.05) is 0 Å². The summed E-state index contributed by atoms with van der Waals surface area (Å²) in [4.78, 5) is 4.48. The first-order chi connectivity index (χ1) is 11.7. The highest BCUT2D eigenvalue weighted by Crippen LogP contribution is 2.25. The summed E-state index contributed by atoms with van der Waals surface area (Å²) < 4.78 is 6.86. The molecule has 2 aromatic carbocycles. The van der Waals surface area contributed by atoms with Crippen LogP contribution in [-0.4, -0.2) is 17.8 Å². The molecule has 124 valence electrons. The first-order valence-corrected chi connectivity index (χ1v) is 8.90. The first-order valence-electron chi connectivity index (χ1n) is 8.08. The summed E-state index contributed by atoms with van der Waals surface area (Å²) in [5.74, 6) is 1.55. The van der Waals surface area contributed by atoms with Gasteiger partial charge < -0.3 is 4.74 Å². The van der Waals surface area contributed by atoms with Crippen molar-refractivity contribution in [3.05, 3.63) is 54.1 Å². The zero-order valence-corrected chi connectivity index (χ0v) is 14.7. The molecule has 1 aromatic heterocycles. The molecule has 0 aliphatic heterocycles. The average molecular weight is 339 g/mol. The standard InChI is InChI=1S/C19H21N3OS/c1-14(2)11-12-23-16-9-7-15(8-10-16)13-20-22-19-21-17-5-3-4-6-18(17)24-19/h3-10,13-14H,11-12H2,1-2H3,(H,21,22). The maximum absolute atomic E-state index is 5.71. The number of rotatable bonds is 7. The average Bonchev–Trinajstić information content (AvgIpc) is 2.99. The van der Waals surface area contributed by atoms with E-state index < -0.39 is 0 Å². The molecule has 3 rings (SSSR count). The minimum atomic E-state index is 0.657. The Labute approximate surface area is 146 Å². The number of nitrogens with zero attached hydrogens (tertiary/aromatic N) is 2. The topological polar surface area (TPSA) is 46.5 Å². The van der Waals surface area contributed by atoms with Crippen LogP contribution in [0.1, 0.15) is 25.8 Å². The van der Waals surface area contributed by atoms with Crippen LogP contribution in [0.2, 0.25) is 0 Å². The van der Waals surface area contributed by atoms with Crippen molar-refractivity contribution in [2.45, 2.75) is 20.3 Å². The van der Waals surface area contributed by atoms with Crippen LogP contribution in [0.5, 0.6) is 5.75 Å². The third kappa shape index (κ3) is 4.55. The number of hydrogen-bond acceptors (Lipinski definition) is 5. The minimum absolute atomic E-state index is 0.657. The van der Waals surface area contributed by atoms with Crippen LogP contribution in [0.3, 0.4) is 0 Å². The summed E-state index contributed by atoms with van der Waals surface area (Å²) in [5, 5.41) is 5.05. The minimum Gasteiger partial charge on any atom is -0.494 e. The molecular weight excluding hydrogens is 318 g/mol. The van der Waals surface area contributed by atoms with Crippen LogP contribution in [0.25, 0.3) is 10.2 Å². The van der Waals surface area contributed by atoms with E-state index >= 15 is 0 Å². The van der Waals surface area contributed by atoms with Gasteiger partial charge in [-0.1, -0.05) is 37.3 Å². The van der Waals surface area contributed by atoms with E-state index in [-0.39, 0.29) is 0 Å². The van der Waals surface area contributed by atoms with E-state index in [9.17, 15) is 0 Å². The van der Waals surface area contributed by atoms with Crippen LogP contribution in [0.4, 0.5) is 5.13 Å². The molecule has 0 unspecified atom stereocenters. The molecule has 0 atom stereocenters. The van der Waals surface area contributed by atoms with Crippen LogP contribution in [-0.2, 0) is 0 Å². The predicted molar refractivity (Wildman–Crippen MR) is 102 cm³/mol. The maximum Gasteiger partial charge on any atom is 0.204 e. The second kappa shape index (κ2) is 7.93. The van der Waals surface area contributed by atoms with Gasteiger partial charge in [0.2, 0.25) is 5.13 Å². The van der Waals surface area contributed by atoms with Gasteiger partial charge in [-0.2, -0.15) is 5.10 Å². The molecular formula is C19H21N3OS. The molecule has 0 saturated carbocycles. The summed E-state index contributed by atoms with van der Waals surface area (Å²) in [6.45, 7) is 5.15. The van der Waals surface area contributed by atoms with E-state index in [0.717, 1.165) is 39.7 Å². The van der Waals surface area contributed by atoms with Crippen molar-refractivity contribution in [2.75, 3.05) is 12.0 Å². The van der Waals surface area contributed by atoms with Crippen molar-refractivity contribution < 1.29 is 4.74 Å². The highest BCUT2D eigenvalue weighted by molar-refractivity contribution is 7.22. The summed E-state index contributed by atoms with van der Waals surface area (Å²) in [7, 11) is 0. The van der Waals surface area contributed by atoms with Crippen molar-refractivity contribution in [3.8, 4) is 5.75 Å². The molecule has 0 aliphatic rings.